The lowest BCUT2D eigenvalue weighted by molar-refractivity contribution is -0.136. The molecule has 0 radical (unpaired) electrons. The number of carbonyl (C=O) groups is 5. The van der Waals surface area contributed by atoms with E-state index in [1.165, 1.54) is 5.69 Å². The molecule has 5 amide bonds. The van der Waals surface area contributed by atoms with Crippen LogP contribution in [0.2, 0.25) is 0 Å². The monoisotopic (exact) mass is 807 g/mol. The molecule has 3 fully saturated rings. The van der Waals surface area contributed by atoms with E-state index in [1.807, 2.05) is 43.6 Å². The van der Waals surface area contributed by atoms with E-state index in [4.69, 9.17) is 4.98 Å². The number of nitrogens with one attached hydrogen (secondary N) is 2. The highest BCUT2D eigenvalue weighted by Gasteiger charge is 2.45. The second-order valence-corrected chi connectivity index (χ2v) is 16.7. The third-order valence-corrected chi connectivity index (χ3v) is 12.7. The van der Waals surface area contributed by atoms with Crippen molar-refractivity contribution in [2.24, 2.45) is 5.92 Å². The smallest absolute Gasteiger partial charge is 0.262 e. The number of H-pyrrole nitrogens is 1. The fourth-order valence-electron chi connectivity index (χ4n) is 9.14. The third-order valence-electron chi connectivity index (χ3n) is 12.7. The van der Waals surface area contributed by atoms with E-state index >= 15 is 0 Å². The summed E-state index contributed by atoms with van der Waals surface area (Å²) in [7, 11) is 3.52. The van der Waals surface area contributed by atoms with Crippen molar-refractivity contribution in [3.63, 3.8) is 0 Å². The lowest BCUT2D eigenvalue weighted by atomic mass is 9.92. The fraction of sp³-hybridized carbons (Fsp3) is 0.370. The van der Waals surface area contributed by atoms with Gasteiger partial charge in [-0.2, -0.15) is 0 Å². The Morgan fingerprint density at radius 3 is 2.20 bits per heavy atom. The summed E-state index contributed by atoms with van der Waals surface area (Å²) in [6, 6.07) is 18.9. The molecule has 1 atom stereocenters. The van der Waals surface area contributed by atoms with E-state index in [-0.39, 0.29) is 24.7 Å². The van der Waals surface area contributed by atoms with Crippen molar-refractivity contribution < 1.29 is 24.0 Å². The number of piperidine rings is 2. The van der Waals surface area contributed by atoms with Crippen LogP contribution in [0.1, 0.15) is 68.7 Å². The number of aromatic nitrogens is 3. The van der Waals surface area contributed by atoms with Gasteiger partial charge in [-0.3, -0.25) is 39.1 Å². The Bertz CT molecular complexity index is 2520. The van der Waals surface area contributed by atoms with Crippen molar-refractivity contribution in [1.29, 1.82) is 0 Å². The van der Waals surface area contributed by atoms with Gasteiger partial charge in [-0.1, -0.05) is 24.3 Å². The number of carbonyl (C=O) groups excluding carboxylic acids is 5. The number of piperazine rings is 1. The maximum absolute atomic E-state index is 13.3. The first-order valence-corrected chi connectivity index (χ1v) is 20.9. The number of aromatic amines is 1. The van der Waals surface area contributed by atoms with Gasteiger partial charge in [-0.05, 0) is 92.6 Å². The Hall–Kier alpha value is -6.41. The average Bonchev–Trinajstić information content (AvgIpc) is 3.80. The summed E-state index contributed by atoms with van der Waals surface area (Å²) in [5, 5.41) is 2.25. The summed E-state index contributed by atoms with van der Waals surface area (Å²) in [4.78, 5) is 86.0. The molecule has 0 saturated carbocycles. The van der Waals surface area contributed by atoms with Gasteiger partial charge < -0.3 is 19.7 Å². The van der Waals surface area contributed by atoms with E-state index < -0.39 is 23.8 Å². The second-order valence-electron chi connectivity index (χ2n) is 16.7. The van der Waals surface area contributed by atoms with Crippen LogP contribution in [0, 0.1) is 12.8 Å². The van der Waals surface area contributed by atoms with Gasteiger partial charge in [0.05, 0.1) is 23.0 Å². The van der Waals surface area contributed by atoms with Crippen LogP contribution in [-0.2, 0) is 9.59 Å². The molecule has 0 bridgehead atoms. The number of anilines is 2. The van der Waals surface area contributed by atoms with Crippen LogP contribution >= 0.6 is 0 Å². The molecular weight excluding hydrogens is 759 g/mol. The van der Waals surface area contributed by atoms with E-state index in [9.17, 15) is 24.0 Å². The largest absolute Gasteiger partial charge is 0.371 e. The molecule has 308 valence electrons. The van der Waals surface area contributed by atoms with Gasteiger partial charge in [0.15, 0.2) is 5.65 Å². The summed E-state index contributed by atoms with van der Waals surface area (Å²) in [6.07, 6.45) is 7.26. The molecule has 4 aliphatic heterocycles. The lowest BCUT2D eigenvalue weighted by Gasteiger charge is -2.38. The van der Waals surface area contributed by atoms with Crippen LogP contribution in [0.5, 0.6) is 0 Å². The van der Waals surface area contributed by atoms with Crippen LogP contribution in [0.3, 0.4) is 0 Å². The highest BCUT2D eigenvalue weighted by Crippen LogP contribution is 2.34. The van der Waals surface area contributed by atoms with Gasteiger partial charge in [0, 0.05) is 94.0 Å². The molecular formula is C46H49N9O5. The van der Waals surface area contributed by atoms with Crippen molar-refractivity contribution in [2.45, 2.75) is 45.1 Å². The van der Waals surface area contributed by atoms with E-state index in [0.29, 0.717) is 22.6 Å². The predicted molar refractivity (Wildman–Crippen MR) is 229 cm³/mol. The SMILES string of the molecule is Cc1cc(-c2c[nH]c3ncc(-c4ccc(N5CCN(CCC6CCN(c7ccc8c(c7)C(=O)N(C7CCC(=O)NC7=O)C8=O)CC6)CC5)cc4)nc23)ccc1C(=O)N(C)C. The molecule has 2 N–H and O–H groups in total. The summed E-state index contributed by atoms with van der Waals surface area (Å²) < 4.78 is 0. The highest BCUT2D eigenvalue weighted by molar-refractivity contribution is 6.23. The van der Waals surface area contributed by atoms with Crippen molar-refractivity contribution in [1.82, 2.24) is 35.0 Å². The third kappa shape index (κ3) is 7.40. The maximum atomic E-state index is 13.3. The van der Waals surface area contributed by atoms with Crippen LogP contribution < -0.4 is 15.1 Å². The molecule has 3 saturated heterocycles. The molecule has 14 heteroatoms. The van der Waals surface area contributed by atoms with Crippen LogP contribution in [0.25, 0.3) is 33.5 Å². The zero-order chi connectivity index (χ0) is 41.7. The Morgan fingerprint density at radius 1 is 0.783 bits per heavy atom. The van der Waals surface area contributed by atoms with Crippen LogP contribution in [0.4, 0.5) is 11.4 Å². The Kier molecular flexibility index (Phi) is 10.4. The maximum Gasteiger partial charge on any atom is 0.262 e. The highest BCUT2D eigenvalue weighted by atomic mass is 16.2. The molecule has 4 aliphatic rings. The number of hydrogen-bond donors (Lipinski definition) is 2. The number of hydrogen-bond acceptors (Lipinski definition) is 10. The predicted octanol–water partition coefficient (Wildman–Crippen LogP) is 5.13. The first kappa shape index (κ1) is 39.1. The normalized spacial score (nSPS) is 19.0. The summed E-state index contributed by atoms with van der Waals surface area (Å²) in [5.74, 6) is -1.32. The molecule has 14 nitrogen and oxygen atoms in total. The number of aryl methyl sites for hydroxylation is 1. The zero-order valence-corrected chi connectivity index (χ0v) is 34.2. The second kappa shape index (κ2) is 16.0. The van der Waals surface area contributed by atoms with Crippen LogP contribution in [-0.4, -0.2) is 125 Å². The van der Waals surface area contributed by atoms with Gasteiger partial charge in [0.25, 0.3) is 17.7 Å². The number of benzene rings is 3. The summed E-state index contributed by atoms with van der Waals surface area (Å²) in [6.45, 7) is 8.76. The van der Waals surface area contributed by atoms with Gasteiger partial charge in [-0.25, -0.2) is 9.97 Å². The molecule has 3 aromatic carbocycles. The molecule has 5 aromatic rings. The Labute approximate surface area is 348 Å². The molecule has 2 aromatic heterocycles. The first-order valence-electron chi connectivity index (χ1n) is 20.9. The number of fused-ring (bicyclic) bond motifs is 2. The average molecular weight is 808 g/mol. The first-order chi connectivity index (χ1) is 29.0. The number of rotatable bonds is 9. The van der Waals surface area contributed by atoms with Crippen LogP contribution in [0.15, 0.2) is 73.1 Å². The van der Waals surface area contributed by atoms with Crippen molar-refractivity contribution >= 4 is 52.1 Å². The number of imide groups is 2. The molecule has 1 unspecified atom stereocenters. The van der Waals surface area contributed by atoms with Gasteiger partial charge in [-0.15, -0.1) is 0 Å². The number of amides is 5. The standard InChI is InChI=1S/C46H49N9O5/c1-28-24-31(6-10-34(28)44(58)51(2)3)37-26-47-42-41(37)49-38(27-48-42)30-4-7-32(8-5-30)54-22-20-52(21-23-54)17-14-29-15-18-53(19-16-29)33-9-11-35-36(25-33)46(60)55(45(35)59)39-12-13-40(56)50-43(39)57/h4-11,24-27,29,39H,12-23H2,1-3H3,(H,47,48)(H,50,56,57). The van der Waals surface area contributed by atoms with Gasteiger partial charge >= 0.3 is 0 Å². The van der Waals surface area contributed by atoms with Crippen molar-refractivity contribution in [2.75, 3.05) is 69.7 Å². The minimum atomic E-state index is -0.961. The Morgan fingerprint density at radius 2 is 1.48 bits per heavy atom. The fourth-order valence-corrected chi connectivity index (χ4v) is 9.14. The molecule has 60 heavy (non-hydrogen) atoms. The van der Waals surface area contributed by atoms with E-state index in [1.54, 1.807) is 31.1 Å². The summed E-state index contributed by atoms with van der Waals surface area (Å²) in [5.41, 5.74) is 9.60. The minimum absolute atomic E-state index is 0.0173. The minimum Gasteiger partial charge on any atom is -0.371 e. The van der Waals surface area contributed by atoms with Gasteiger partial charge in [0.1, 0.15) is 11.6 Å². The molecule has 6 heterocycles. The van der Waals surface area contributed by atoms with E-state index in [0.717, 1.165) is 115 Å². The van der Waals surface area contributed by atoms with E-state index in [2.05, 4.69) is 54.2 Å². The van der Waals surface area contributed by atoms with Crippen molar-refractivity contribution in [3.8, 4) is 22.4 Å². The molecule has 0 spiro atoms. The molecule has 9 rings (SSSR count). The topological polar surface area (TPSA) is 155 Å². The molecule has 0 aliphatic carbocycles. The zero-order valence-electron chi connectivity index (χ0n) is 34.2. The number of nitrogens with zero attached hydrogens (tertiary/aromatic N) is 7. The van der Waals surface area contributed by atoms with Crippen molar-refractivity contribution in [3.05, 3.63) is 95.3 Å². The van der Waals surface area contributed by atoms with Gasteiger partial charge in [0.2, 0.25) is 11.8 Å². The quantitative estimate of drug-likeness (QED) is 0.192. The summed E-state index contributed by atoms with van der Waals surface area (Å²) >= 11 is 0. The Balaban J connectivity index is 0.753. The lowest BCUT2D eigenvalue weighted by Crippen LogP contribution is -2.54.